The van der Waals surface area contributed by atoms with E-state index < -0.39 is 12.0 Å². The first-order valence-electron chi connectivity index (χ1n) is 14.6. The maximum absolute atomic E-state index is 12.2. The highest BCUT2D eigenvalue weighted by Gasteiger charge is 2.20. The van der Waals surface area contributed by atoms with Crippen LogP contribution in [0, 0.1) is 0 Å². The Labute approximate surface area is 224 Å². The number of benzene rings is 1. The number of amides is 1. The fourth-order valence-corrected chi connectivity index (χ4v) is 4.46. The summed E-state index contributed by atoms with van der Waals surface area (Å²) in [6, 6.07) is 3.09. The van der Waals surface area contributed by atoms with Crippen molar-refractivity contribution in [3.63, 3.8) is 0 Å². The number of allylic oxidation sites excluding steroid dienone is 2. The maximum atomic E-state index is 12.2. The third-order valence-corrected chi connectivity index (χ3v) is 6.78. The molecule has 1 aromatic rings. The van der Waals surface area contributed by atoms with Crippen molar-refractivity contribution in [1.29, 1.82) is 0 Å². The highest BCUT2D eigenvalue weighted by Crippen LogP contribution is 2.25. The van der Waals surface area contributed by atoms with Crippen LogP contribution in [-0.4, -0.2) is 33.2 Å². The van der Waals surface area contributed by atoms with Crippen molar-refractivity contribution in [2.45, 2.75) is 135 Å². The second-order valence-corrected chi connectivity index (χ2v) is 10.2. The van der Waals surface area contributed by atoms with E-state index >= 15 is 0 Å². The van der Waals surface area contributed by atoms with Crippen molar-refractivity contribution in [1.82, 2.24) is 5.32 Å². The van der Waals surface area contributed by atoms with Crippen LogP contribution in [0.3, 0.4) is 0 Å². The quantitative estimate of drug-likeness (QED) is 0.0673. The standard InChI is InChI=1S/C31H51NO5/c1-2-3-4-5-6-7-8-9-10-11-12-13-14-15-16-17-18-19-20-21-30(35)32-27(31(36)37)24-26-22-23-28(33)29(34)25-26/h11-12,22-23,25,27,33-34H,2-10,13-21,24H2,1H3,(H,32,35)(H,36,37)/b12-11-/t27-/m0/s1. The summed E-state index contributed by atoms with van der Waals surface area (Å²) in [5.41, 5.74) is 0.530. The number of nitrogens with one attached hydrogen (secondary N) is 1. The number of carbonyl (C=O) groups is 2. The van der Waals surface area contributed by atoms with E-state index in [0.29, 0.717) is 12.0 Å². The minimum Gasteiger partial charge on any atom is -0.504 e. The summed E-state index contributed by atoms with van der Waals surface area (Å²) >= 11 is 0. The van der Waals surface area contributed by atoms with Gasteiger partial charge in [-0.1, -0.05) is 102 Å². The predicted molar refractivity (Wildman–Crippen MR) is 151 cm³/mol. The van der Waals surface area contributed by atoms with Crippen molar-refractivity contribution in [3.8, 4) is 11.5 Å². The largest absolute Gasteiger partial charge is 0.504 e. The van der Waals surface area contributed by atoms with E-state index in [1.807, 2.05) is 0 Å². The number of rotatable bonds is 23. The summed E-state index contributed by atoms with van der Waals surface area (Å²) in [5, 5.41) is 30.9. The van der Waals surface area contributed by atoms with Crippen molar-refractivity contribution in [3.05, 3.63) is 35.9 Å². The Morgan fingerprint density at radius 3 is 1.78 bits per heavy atom. The maximum Gasteiger partial charge on any atom is 0.326 e. The second-order valence-electron chi connectivity index (χ2n) is 10.2. The Morgan fingerprint density at radius 2 is 1.27 bits per heavy atom. The van der Waals surface area contributed by atoms with Gasteiger partial charge in [-0.2, -0.15) is 0 Å². The fourth-order valence-electron chi connectivity index (χ4n) is 4.46. The van der Waals surface area contributed by atoms with Crippen molar-refractivity contribution in [2.75, 3.05) is 0 Å². The van der Waals surface area contributed by atoms with Crippen molar-refractivity contribution < 1.29 is 24.9 Å². The molecule has 0 aliphatic heterocycles. The first-order valence-corrected chi connectivity index (χ1v) is 14.6. The molecule has 0 bridgehead atoms. The molecule has 0 spiro atoms. The zero-order valence-corrected chi connectivity index (χ0v) is 23.1. The SMILES string of the molecule is CCCCCCCCCC/C=C\CCCCCCCCCC(=O)N[C@@H](Cc1ccc(O)c(O)c1)C(=O)O. The Hall–Kier alpha value is -2.50. The van der Waals surface area contributed by atoms with E-state index in [-0.39, 0.29) is 23.8 Å². The van der Waals surface area contributed by atoms with Gasteiger partial charge in [0.25, 0.3) is 0 Å². The summed E-state index contributed by atoms with van der Waals surface area (Å²) in [6.45, 7) is 2.26. The lowest BCUT2D eigenvalue weighted by molar-refractivity contribution is -0.141. The van der Waals surface area contributed by atoms with Gasteiger partial charge in [0, 0.05) is 12.8 Å². The van der Waals surface area contributed by atoms with E-state index in [4.69, 9.17) is 0 Å². The van der Waals surface area contributed by atoms with Crippen LogP contribution >= 0.6 is 0 Å². The molecule has 0 saturated carbocycles. The molecular weight excluding hydrogens is 466 g/mol. The topological polar surface area (TPSA) is 107 Å². The highest BCUT2D eigenvalue weighted by molar-refractivity contribution is 5.83. The summed E-state index contributed by atoms with van der Waals surface area (Å²) in [6.07, 6.45) is 26.1. The molecule has 6 heteroatoms. The van der Waals surface area contributed by atoms with Crippen LogP contribution in [0.15, 0.2) is 30.4 Å². The van der Waals surface area contributed by atoms with Gasteiger partial charge >= 0.3 is 5.97 Å². The van der Waals surface area contributed by atoms with Gasteiger partial charge in [0.2, 0.25) is 5.91 Å². The zero-order valence-electron chi connectivity index (χ0n) is 23.1. The van der Waals surface area contributed by atoms with Crippen LogP contribution in [0.25, 0.3) is 0 Å². The van der Waals surface area contributed by atoms with Crippen molar-refractivity contribution >= 4 is 11.9 Å². The molecule has 1 rings (SSSR count). The lowest BCUT2D eigenvalue weighted by atomic mass is 10.0. The summed E-state index contributed by atoms with van der Waals surface area (Å²) in [4.78, 5) is 23.7. The lowest BCUT2D eigenvalue weighted by Crippen LogP contribution is -2.42. The predicted octanol–water partition coefficient (Wildman–Crippen LogP) is 7.81. The number of hydrogen-bond acceptors (Lipinski definition) is 4. The van der Waals surface area contributed by atoms with Crippen LogP contribution in [0.2, 0.25) is 0 Å². The van der Waals surface area contributed by atoms with Gasteiger partial charge in [-0.15, -0.1) is 0 Å². The molecule has 4 N–H and O–H groups in total. The highest BCUT2D eigenvalue weighted by atomic mass is 16.4. The molecule has 0 heterocycles. The molecular formula is C31H51NO5. The van der Waals surface area contributed by atoms with Crippen LogP contribution in [0.5, 0.6) is 11.5 Å². The Kier molecular flexibility index (Phi) is 19.0. The number of phenolic OH excluding ortho intramolecular Hbond substituents is 2. The van der Waals surface area contributed by atoms with Crippen LogP contribution < -0.4 is 5.32 Å². The summed E-state index contributed by atoms with van der Waals surface area (Å²) < 4.78 is 0. The van der Waals surface area contributed by atoms with Crippen molar-refractivity contribution in [2.24, 2.45) is 0 Å². The lowest BCUT2D eigenvalue weighted by Gasteiger charge is -2.15. The smallest absolute Gasteiger partial charge is 0.326 e. The van der Waals surface area contributed by atoms with E-state index in [0.717, 1.165) is 19.3 Å². The summed E-state index contributed by atoms with van der Waals surface area (Å²) in [7, 11) is 0. The number of phenols is 2. The van der Waals surface area contributed by atoms with E-state index in [1.165, 1.54) is 108 Å². The average molecular weight is 518 g/mol. The normalized spacial score (nSPS) is 12.1. The molecule has 0 aliphatic rings. The van der Waals surface area contributed by atoms with Gasteiger partial charge in [0.1, 0.15) is 6.04 Å². The molecule has 0 fully saturated rings. The van der Waals surface area contributed by atoms with Gasteiger partial charge in [-0.25, -0.2) is 4.79 Å². The molecule has 1 atom stereocenters. The first kappa shape index (κ1) is 32.5. The summed E-state index contributed by atoms with van der Waals surface area (Å²) in [5.74, 6) is -1.96. The average Bonchev–Trinajstić information content (AvgIpc) is 2.87. The Balaban J connectivity index is 1.98. The molecule has 6 nitrogen and oxygen atoms in total. The van der Waals surface area contributed by atoms with Gasteiger partial charge < -0.3 is 20.6 Å². The van der Waals surface area contributed by atoms with E-state index in [9.17, 15) is 24.9 Å². The van der Waals surface area contributed by atoms with Crippen LogP contribution in [0.1, 0.15) is 128 Å². The monoisotopic (exact) mass is 517 g/mol. The molecule has 37 heavy (non-hydrogen) atoms. The van der Waals surface area contributed by atoms with Crippen LogP contribution in [0.4, 0.5) is 0 Å². The molecule has 0 radical (unpaired) electrons. The molecule has 0 unspecified atom stereocenters. The fraction of sp³-hybridized carbons (Fsp3) is 0.677. The molecule has 0 aromatic heterocycles. The number of carbonyl (C=O) groups excluding carboxylic acids is 1. The van der Waals surface area contributed by atoms with Gasteiger partial charge in [0.15, 0.2) is 11.5 Å². The van der Waals surface area contributed by atoms with E-state index in [2.05, 4.69) is 24.4 Å². The van der Waals surface area contributed by atoms with Gasteiger partial charge in [0.05, 0.1) is 0 Å². The Bertz CT molecular complexity index is 777. The van der Waals surface area contributed by atoms with Gasteiger partial charge in [-0.05, 0) is 49.8 Å². The molecule has 210 valence electrons. The molecule has 1 amide bonds. The molecule has 0 aliphatic carbocycles. The number of carboxylic acids is 1. The number of hydrogen-bond donors (Lipinski definition) is 4. The second kappa shape index (κ2) is 21.6. The minimum atomic E-state index is -1.12. The van der Waals surface area contributed by atoms with E-state index in [1.54, 1.807) is 0 Å². The minimum absolute atomic E-state index is 0.0449. The number of aromatic hydroxyl groups is 2. The number of aliphatic carboxylic acids is 1. The molecule has 0 saturated heterocycles. The van der Waals surface area contributed by atoms with Crippen LogP contribution in [-0.2, 0) is 16.0 Å². The first-order chi connectivity index (χ1) is 17.9. The van der Waals surface area contributed by atoms with Gasteiger partial charge in [-0.3, -0.25) is 4.79 Å². The zero-order chi connectivity index (χ0) is 27.1. The number of carboxylic acid groups (broad SMARTS) is 1. The molecule has 1 aromatic carbocycles. The third-order valence-electron chi connectivity index (χ3n) is 6.78. The third kappa shape index (κ3) is 17.6. The Morgan fingerprint density at radius 1 is 0.757 bits per heavy atom. The number of unbranched alkanes of at least 4 members (excludes halogenated alkanes) is 15.